The van der Waals surface area contributed by atoms with E-state index in [1.165, 1.54) is 4.88 Å². The van der Waals surface area contributed by atoms with Crippen molar-refractivity contribution in [2.24, 2.45) is 0 Å². The van der Waals surface area contributed by atoms with Crippen LogP contribution in [0.3, 0.4) is 0 Å². The summed E-state index contributed by atoms with van der Waals surface area (Å²) in [5.74, 6) is 1.02. The Morgan fingerprint density at radius 3 is 2.81 bits per heavy atom. The van der Waals surface area contributed by atoms with Gasteiger partial charge in [0.05, 0.1) is 6.54 Å². The van der Waals surface area contributed by atoms with Crippen LogP contribution >= 0.6 is 27.3 Å². The molecule has 2 aromatic heterocycles. The molecule has 0 saturated heterocycles. The summed E-state index contributed by atoms with van der Waals surface area (Å²) in [5.41, 5.74) is 0. The van der Waals surface area contributed by atoms with Gasteiger partial charge in [-0.15, -0.1) is 11.3 Å². The summed E-state index contributed by atoms with van der Waals surface area (Å²) < 4.78 is 0.884. The highest BCUT2D eigenvalue weighted by molar-refractivity contribution is 9.10. The van der Waals surface area contributed by atoms with Crippen molar-refractivity contribution in [2.75, 3.05) is 11.4 Å². The molecule has 0 spiro atoms. The van der Waals surface area contributed by atoms with Crippen LogP contribution in [0.25, 0.3) is 0 Å². The van der Waals surface area contributed by atoms with Crippen molar-refractivity contribution < 1.29 is 0 Å². The van der Waals surface area contributed by atoms with Gasteiger partial charge in [0.2, 0.25) is 0 Å². The van der Waals surface area contributed by atoms with E-state index in [0.29, 0.717) is 0 Å². The molecule has 0 aliphatic rings. The molecule has 0 bridgehead atoms. The summed E-state index contributed by atoms with van der Waals surface area (Å²) in [4.78, 5) is 8.10. The number of aromatic nitrogens is 1. The Hall–Kier alpha value is -0.870. The minimum Gasteiger partial charge on any atom is -0.352 e. The number of rotatable bonds is 4. The maximum atomic E-state index is 4.47. The molecule has 0 amide bonds. The first kappa shape index (κ1) is 11.6. The van der Waals surface area contributed by atoms with Gasteiger partial charge in [0.25, 0.3) is 0 Å². The molecular weight excluding hydrogens is 284 g/mol. The van der Waals surface area contributed by atoms with Crippen molar-refractivity contribution in [1.29, 1.82) is 0 Å². The fourth-order valence-corrected chi connectivity index (χ4v) is 2.57. The van der Waals surface area contributed by atoms with Crippen LogP contribution in [0, 0.1) is 0 Å². The van der Waals surface area contributed by atoms with Crippen molar-refractivity contribution in [3.8, 4) is 0 Å². The van der Waals surface area contributed by atoms with E-state index in [2.05, 4.69) is 50.3 Å². The van der Waals surface area contributed by atoms with E-state index < -0.39 is 0 Å². The van der Waals surface area contributed by atoms with E-state index in [4.69, 9.17) is 0 Å². The van der Waals surface area contributed by atoms with Gasteiger partial charge in [-0.05, 0) is 46.4 Å². The second-order valence-corrected chi connectivity index (χ2v) is 5.26. The van der Waals surface area contributed by atoms with Crippen molar-refractivity contribution >= 4 is 33.1 Å². The summed E-state index contributed by atoms with van der Waals surface area (Å²) in [6.07, 6.45) is 0. The quantitative estimate of drug-likeness (QED) is 0.795. The smallest absolute Gasteiger partial charge is 0.130 e. The molecule has 0 radical (unpaired) electrons. The average Bonchev–Trinajstić information content (AvgIpc) is 2.78. The molecule has 0 saturated carbocycles. The van der Waals surface area contributed by atoms with Crippen LogP contribution in [0.15, 0.2) is 40.3 Å². The molecule has 84 valence electrons. The molecule has 2 nitrogen and oxygen atoms in total. The molecule has 2 heterocycles. The van der Waals surface area contributed by atoms with Crippen LogP contribution in [-0.2, 0) is 6.54 Å². The Labute approximate surface area is 108 Å². The number of halogens is 1. The topological polar surface area (TPSA) is 16.1 Å². The van der Waals surface area contributed by atoms with Crippen LogP contribution in [0.5, 0.6) is 0 Å². The number of anilines is 1. The minimum atomic E-state index is 0.884. The highest BCUT2D eigenvalue weighted by Crippen LogP contribution is 2.19. The number of hydrogen-bond acceptors (Lipinski definition) is 3. The van der Waals surface area contributed by atoms with Crippen LogP contribution in [-0.4, -0.2) is 11.5 Å². The van der Waals surface area contributed by atoms with Crippen molar-refractivity contribution in [2.45, 2.75) is 13.5 Å². The lowest BCUT2D eigenvalue weighted by molar-refractivity contribution is 0.821. The summed E-state index contributed by atoms with van der Waals surface area (Å²) >= 11 is 5.19. The molecule has 0 aliphatic carbocycles. The van der Waals surface area contributed by atoms with Crippen LogP contribution < -0.4 is 4.90 Å². The molecule has 4 heteroatoms. The predicted molar refractivity (Wildman–Crippen MR) is 73.0 cm³/mol. The summed E-state index contributed by atoms with van der Waals surface area (Å²) in [6, 6.07) is 10.3. The first-order valence-electron chi connectivity index (χ1n) is 5.19. The predicted octanol–water partition coefficient (Wildman–Crippen LogP) is 3.93. The van der Waals surface area contributed by atoms with Gasteiger partial charge in [-0.1, -0.05) is 12.1 Å². The second kappa shape index (κ2) is 5.46. The van der Waals surface area contributed by atoms with Gasteiger partial charge in [0.15, 0.2) is 0 Å². The molecule has 0 unspecified atom stereocenters. The summed E-state index contributed by atoms with van der Waals surface area (Å²) in [7, 11) is 0. The maximum absolute atomic E-state index is 4.47. The average molecular weight is 297 g/mol. The molecule has 0 aromatic carbocycles. The van der Waals surface area contributed by atoms with Gasteiger partial charge in [0.1, 0.15) is 10.4 Å². The SMILES string of the molecule is CCN(Cc1cccs1)c1cccc(Br)n1. The molecule has 16 heavy (non-hydrogen) atoms. The summed E-state index contributed by atoms with van der Waals surface area (Å²) in [5, 5.41) is 2.11. The highest BCUT2D eigenvalue weighted by atomic mass is 79.9. The van der Waals surface area contributed by atoms with Gasteiger partial charge in [-0.2, -0.15) is 0 Å². The fraction of sp³-hybridized carbons (Fsp3) is 0.250. The molecule has 2 aromatic rings. The number of hydrogen-bond donors (Lipinski definition) is 0. The van der Waals surface area contributed by atoms with Gasteiger partial charge in [-0.25, -0.2) is 4.98 Å². The van der Waals surface area contributed by atoms with Gasteiger partial charge < -0.3 is 4.90 Å². The van der Waals surface area contributed by atoms with Crippen molar-refractivity contribution in [3.63, 3.8) is 0 Å². The van der Waals surface area contributed by atoms with E-state index in [9.17, 15) is 0 Å². The first-order chi connectivity index (χ1) is 7.79. The lowest BCUT2D eigenvalue weighted by Crippen LogP contribution is -2.22. The second-order valence-electron chi connectivity index (χ2n) is 3.41. The Morgan fingerprint density at radius 1 is 1.31 bits per heavy atom. The van der Waals surface area contributed by atoms with Crippen molar-refractivity contribution in [1.82, 2.24) is 4.98 Å². The zero-order valence-corrected chi connectivity index (χ0v) is 11.5. The third-order valence-electron chi connectivity index (χ3n) is 2.33. The van der Waals surface area contributed by atoms with Crippen LogP contribution in [0.1, 0.15) is 11.8 Å². The number of pyridine rings is 1. The molecule has 0 fully saturated rings. The van der Waals surface area contributed by atoms with Crippen LogP contribution in [0.2, 0.25) is 0 Å². The molecule has 2 rings (SSSR count). The van der Waals surface area contributed by atoms with E-state index >= 15 is 0 Å². The lowest BCUT2D eigenvalue weighted by atomic mass is 10.3. The maximum Gasteiger partial charge on any atom is 0.130 e. The summed E-state index contributed by atoms with van der Waals surface area (Å²) in [6.45, 7) is 4.04. The zero-order chi connectivity index (χ0) is 11.4. The highest BCUT2D eigenvalue weighted by Gasteiger charge is 2.07. The normalized spacial score (nSPS) is 10.4. The largest absolute Gasteiger partial charge is 0.352 e. The van der Waals surface area contributed by atoms with Crippen LogP contribution in [0.4, 0.5) is 5.82 Å². The Balaban J connectivity index is 2.16. The fourth-order valence-electron chi connectivity index (χ4n) is 1.52. The van der Waals surface area contributed by atoms with E-state index in [1.807, 2.05) is 18.2 Å². The van der Waals surface area contributed by atoms with E-state index in [-0.39, 0.29) is 0 Å². The number of thiophene rings is 1. The molecular formula is C12H13BrN2S. The van der Waals surface area contributed by atoms with Gasteiger partial charge in [0, 0.05) is 11.4 Å². The Kier molecular flexibility index (Phi) is 3.96. The van der Waals surface area contributed by atoms with E-state index in [1.54, 1.807) is 11.3 Å². The zero-order valence-electron chi connectivity index (χ0n) is 9.06. The van der Waals surface area contributed by atoms with Gasteiger partial charge >= 0.3 is 0 Å². The van der Waals surface area contributed by atoms with Crippen molar-refractivity contribution in [3.05, 3.63) is 45.2 Å². The third kappa shape index (κ3) is 2.83. The monoisotopic (exact) mass is 296 g/mol. The lowest BCUT2D eigenvalue weighted by Gasteiger charge is -2.21. The standard InChI is InChI=1S/C12H13BrN2S/c1-2-15(9-10-5-4-8-16-10)12-7-3-6-11(13)14-12/h3-8H,2,9H2,1H3. The number of nitrogens with zero attached hydrogens (tertiary/aromatic N) is 2. The van der Waals surface area contributed by atoms with E-state index in [0.717, 1.165) is 23.5 Å². The van der Waals surface area contributed by atoms with Gasteiger partial charge in [-0.3, -0.25) is 0 Å². The molecule has 0 N–H and O–H groups in total. The Bertz CT molecular complexity index is 442. The Morgan fingerprint density at radius 2 is 2.19 bits per heavy atom. The minimum absolute atomic E-state index is 0.884. The molecule has 0 aliphatic heterocycles. The molecule has 0 atom stereocenters. The third-order valence-corrected chi connectivity index (χ3v) is 3.64. The first-order valence-corrected chi connectivity index (χ1v) is 6.86.